The second kappa shape index (κ2) is 2.81. The van der Waals surface area contributed by atoms with Crippen LogP contribution in [-0.4, -0.2) is 25.4 Å². The molecule has 0 aromatic carbocycles. The highest BCUT2D eigenvalue weighted by Crippen LogP contribution is 2.13. The zero-order valence-electron chi connectivity index (χ0n) is 6.31. The fourth-order valence-electron chi connectivity index (χ4n) is 0.996. The topological polar surface area (TPSA) is 67.5 Å². The highest BCUT2D eigenvalue weighted by atomic mass is 79.9. The Hall–Kier alpha value is -1.43. The molecule has 0 radical (unpaired) electrons. The number of hydrogen-bond donors (Lipinski definition) is 1. The van der Waals surface area contributed by atoms with Crippen LogP contribution in [0.3, 0.4) is 0 Å². The number of carboxylic acids is 1. The number of carboxylic acid groups (broad SMARTS) is 1. The molecule has 0 spiro atoms. The van der Waals surface area contributed by atoms with E-state index in [1.165, 1.54) is 6.20 Å². The van der Waals surface area contributed by atoms with Crippen LogP contribution in [0.4, 0.5) is 0 Å². The summed E-state index contributed by atoms with van der Waals surface area (Å²) in [5.41, 5.74) is 0.586. The Morgan fingerprint density at radius 3 is 3.08 bits per heavy atom. The van der Waals surface area contributed by atoms with E-state index in [9.17, 15) is 4.79 Å². The summed E-state index contributed by atoms with van der Waals surface area (Å²) in [6.07, 6.45) is 4.65. The summed E-state index contributed by atoms with van der Waals surface area (Å²) in [5, 5.41) is 8.69. The molecule has 5 nitrogen and oxygen atoms in total. The number of hydrogen-bond acceptors (Lipinski definition) is 3. The van der Waals surface area contributed by atoms with E-state index in [1.807, 2.05) is 0 Å². The van der Waals surface area contributed by atoms with Gasteiger partial charge in [0.2, 0.25) is 0 Å². The molecule has 0 aliphatic carbocycles. The third kappa shape index (κ3) is 1.29. The van der Waals surface area contributed by atoms with E-state index >= 15 is 0 Å². The van der Waals surface area contributed by atoms with E-state index in [-0.39, 0.29) is 5.69 Å². The Bertz CT molecular complexity index is 480. The van der Waals surface area contributed by atoms with E-state index in [1.54, 1.807) is 16.8 Å². The van der Waals surface area contributed by atoms with Crippen LogP contribution < -0.4 is 0 Å². The van der Waals surface area contributed by atoms with E-state index in [0.717, 1.165) is 0 Å². The van der Waals surface area contributed by atoms with Gasteiger partial charge in [-0.25, -0.2) is 14.8 Å². The molecule has 0 saturated heterocycles. The number of carbonyl (C=O) groups is 1. The lowest BCUT2D eigenvalue weighted by molar-refractivity contribution is 0.0689. The molecule has 66 valence electrons. The van der Waals surface area contributed by atoms with Crippen molar-refractivity contribution in [2.45, 2.75) is 0 Å². The first-order valence-corrected chi connectivity index (χ1v) is 4.20. The molecular weight excluding hydrogens is 238 g/mol. The van der Waals surface area contributed by atoms with Gasteiger partial charge in [-0.3, -0.25) is 0 Å². The standard InChI is InChI=1S/C7H4BrN3O2/c8-5-6-9-1-2-11(6)3-4(10-5)7(12)13/h1-3H,(H,12,13). The molecule has 0 atom stereocenters. The predicted octanol–water partition coefficient (Wildman–Crippen LogP) is 1.19. The van der Waals surface area contributed by atoms with Crippen LogP contribution in [0, 0.1) is 0 Å². The minimum atomic E-state index is -1.06. The van der Waals surface area contributed by atoms with Gasteiger partial charge < -0.3 is 9.51 Å². The smallest absolute Gasteiger partial charge is 0.356 e. The molecule has 0 amide bonds. The van der Waals surface area contributed by atoms with Crippen LogP contribution >= 0.6 is 15.9 Å². The van der Waals surface area contributed by atoms with Crippen LogP contribution in [0.15, 0.2) is 23.2 Å². The number of aromatic nitrogens is 3. The second-order valence-electron chi connectivity index (χ2n) is 2.38. The van der Waals surface area contributed by atoms with E-state index in [2.05, 4.69) is 25.9 Å². The van der Waals surface area contributed by atoms with Crippen molar-refractivity contribution in [2.75, 3.05) is 0 Å². The fraction of sp³-hybridized carbons (Fsp3) is 0. The molecule has 6 heteroatoms. The van der Waals surface area contributed by atoms with Gasteiger partial charge >= 0.3 is 5.97 Å². The van der Waals surface area contributed by atoms with Crippen LogP contribution in [-0.2, 0) is 0 Å². The maximum atomic E-state index is 10.6. The van der Waals surface area contributed by atoms with E-state index in [0.29, 0.717) is 10.3 Å². The van der Waals surface area contributed by atoms with Crippen molar-refractivity contribution >= 4 is 27.5 Å². The predicted molar refractivity (Wildman–Crippen MR) is 47.6 cm³/mol. The van der Waals surface area contributed by atoms with E-state index < -0.39 is 5.97 Å². The van der Waals surface area contributed by atoms with E-state index in [4.69, 9.17) is 5.11 Å². The van der Waals surface area contributed by atoms with Crippen molar-refractivity contribution in [3.05, 3.63) is 28.9 Å². The Labute approximate surface area is 81.2 Å². The normalized spacial score (nSPS) is 10.5. The summed E-state index contributed by atoms with van der Waals surface area (Å²) >= 11 is 3.14. The molecule has 0 unspecified atom stereocenters. The largest absolute Gasteiger partial charge is 0.476 e. The third-order valence-corrected chi connectivity index (χ3v) is 2.08. The van der Waals surface area contributed by atoms with Gasteiger partial charge in [-0.2, -0.15) is 0 Å². The molecule has 0 saturated carbocycles. The van der Waals surface area contributed by atoms with Crippen LogP contribution in [0.25, 0.3) is 5.65 Å². The Balaban J connectivity index is 2.77. The SMILES string of the molecule is O=C(O)c1cn2ccnc2c(Br)n1. The number of imidazole rings is 1. The second-order valence-corrected chi connectivity index (χ2v) is 3.13. The molecule has 2 aromatic heterocycles. The molecule has 1 N–H and O–H groups in total. The summed E-state index contributed by atoms with van der Waals surface area (Å²) in [7, 11) is 0. The molecule has 2 rings (SSSR count). The maximum Gasteiger partial charge on any atom is 0.356 e. The molecular formula is C7H4BrN3O2. The van der Waals surface area contributed by atoms with Crippen LogP contribution in [0.2, 0.25) is 0 Å². The summed E-state index contributed by atoms with van der Waals surface area (Å²) in [4.78, 5) is 18.4. The van der Waals surface area contributed by atoms with Gasteiger partial charge in [0.1, 0.15) is 4.60 Å². The molecule has 13 heavy (non-hydrogen) atoms. The zero-order chi connectivity index (χ0) is 9.42. The summed E-state index contributed by atoms with van der Waals surface area (Å²) in [6, 6.07) is 0. The first kappa shape index (κ1) is 8.18. The monoisotopic (exact) mass is 241 g/mol. The van der Waals surface area contributed by atoms with Gasteiger partial charge in [-0.15, -0.1) is 0 Å². The number of halogens is 1. The third-order valence-electron chi connectivity index (χ3n) is 1.55. The molecule has 0 aliphatic heterocycles. The van der Waals surface area contributed by atoms with Gasteiger partial charge in [-0.1, -0.05) is 0 Å². The number of fused-ring (bicyclic) bond motifs is 1. The number of nitrogens with zero attached hydrogens (tertiary/aromatic N) is 3. The highest BCUT2D eigenvalue weighted by molar-refractivity contribution is 9.10. The minimum absolute atomic E-state index is 0.0163. The summed E-state index contributed by atoms with van der Waals surface area (Å²) in [5.74, 6) is -1.06. The molecule has 2 heterocycles. The minimum Gasteiger partial charge on any atom is -0.476 e. The van der Waals surface area contributed by atoms with Gasteiger partial charge in [-0.05, 0) is 15.9 Å². The average molecular weight is 242 g/mol. The van der Waals surface area contributed by atoms with Gasteiger partial charge in [0.15, 0.2) is 11.3 Å². The highest BCUT2D eigenvalue weighted by Gasteiger charge is 2.09. The quantitative estimate of drug-likeness (QED) is 0.815. The molecule has 0 fully saturated rings. The van der Waals surface area contributed by atoms with Crippen LogP contribution in [0.5, 0.6) is 0 Å². The zero-order valence-corrected chi connectivity index (χ0v) is 7.89. The molecule has 0 aliphatic rings. The van der Waals surface area contributed by atoms with Crippen molar-refractivity contribution < 1.29 is 9.90 Å². The van der Waals surface area contributed by atoms with Gasteiger partial charge in [0.25, 0.3) is 0 Å². The van der Waals surface area contributed by atoms with Gasteiger partial charge in [0.05, 0.1) is 0 Å². The first-order chi connectivity index (χ1) is 6.18. The van der Waals surface area contributed by atoms with Crippen molar-refractivity contribution in [1.82, 2.24) is 14.4 Å². The van der Waals surface area contributed by atoms with Gasteiger partial charge in [0, 0.05) is 18.6 Å². The molecule has 0 bridgehead atoms. The van der Waals surface area contributed by atoms with Crippen LogP contribution in [0.1, 0.15) is 10.5 Å². The fourth-order valence-corrected chi connectivity index (χ4v) is 1.49. The van der Waals surface area contributed by atoms with Crippen molar-refractivity contribution in [1.29, 1.82) is 0 Å². The lowest BCUT2D eigenvalue weighted by Crippen LogP contribution is -2.03. The lowest BCUT2D eigenvalue weighted by Gasteiger charge is -1.98. The Morgan fingerprint density at radius 1 is 1.62 bits per heavy atom. The van der Waals surface area contributed by atoms with Crippen molar-refractivity contribution in [3.8, 4) is 0 Å². The first-order valence-electron chi connectivity index (χ1n) is 3.41. The average Bonchev–Trinajstić information content (AvgIpc) is 2.51. The summed E-state index contributed by atoms with van der Waals surface area (Å²) < 4.78 is 2.03. The number of aromatic carboxylic acids is 1. The Morgan fingerprint density at radius 2 is 2.38 bits per heavy atom. The lowest BCUT2D eigenvalue weighted by atomic mass is 10.4. The molecule has 2 aromatic rings. The van der Waals surface area contributed by atoms with Crippen molar-refractivity contribution in [2.24, 2.45) is 0 Å². The van der Waals surface area contributed by atoms with Crippen molar-refractivity contribution in [3.63, 3.8) is 0 Å². The number of rotatable bonds is 1. The summed E-state index contributed by atoms with van der Waals surface area (Å²) in [6.45, 7) is 0. The Kier molecular flexibility index (Phi) is 1.77. The maximum absolute atomic E-state index is 10.6.